The molecule has 0 radical (unpaired) electrons. The maximum absolute atomic E-state index is 6.02. The van der Waals surface area contributed by atoms with Crippen LogP contribution in [0.15, 0.2) is 4.52 Å². The molecule has 0 aliphatic carbocycles. The molecule has 0 bridgehead atoms. The molecule has 1 aromatic heterocycles. The van der Waals surface area contributed by atoms with Crippen molar-refractivity contribution in [1.82, 2.24) is 19.9 Å². The topological polar surface area (TPSA) is 71.4 Å². The molecule has 6 nitrogen and oxygen atoms in total. The van der Waals surface area contributed by atoms with Crippen molar-refractivity contribution < 1.29 is 4.52 Å². The maximum Gasteiger partial charge on any atom is 0.243 e. The predicted octanol–water partition coefficient (Wildman–Crippen LogP) is 0.644. The first kappa shape index (κ1) is 13.5. The largest absolute Gasteiger partial charge is 0.338 e. The van der Waals surface area contributed by atoms with E-state index in [0.29, 0.717) is 11.8 Å². The second-order valence-corrected chi connectivity index (χ2v) is 5.52. The lowest BCUT2D eigenvalue weighted by atomic mass is 10.1. The summed E-state index contributed by atoms with van der Waals surface area (Å²) in [5.41, 5.74) is 6.02. The fourth-order valence-corrected chi connectivity index (χ4v) is 2.09. The Morgan fingerprint density at radius 1 is 1.33 bits per heavy atom. The predicted molar refractivity (Wildman–Crippen MR) is 68.9 cm³/mol. The number of piperazine rings is 1. The van der Waals surface area contributed by atoms with Crippen molar-refractivity contribution in [2.24, 2.45) is 11.7 Å². The molecular weight excluding hydrogens is 230 g/mol. The fourth-order valence-electron chi connectivity index (χ4n) is 2.09. The molecule has 0 spiro atoms. The molecule has 0 saturated carbocycles. The summed E-state index contributed by atoms with van der Waals surface area (Å²) in [6, 6.07) is 0.0125. The third-order valence-corrected chi connectivity index (χ3v) is 3.61. The van der Waals surface area contributed by atoms with Gasteiger partial charge in [0.25, 0.3) is 0 Å². The van der Waals surface area contributed by atoms with Crippen LogP contribution in [0.2, 0.25) is 0 Å². The van der Waals surface area contributed by atoms with Gasteiger partial charge in [0.05, 0.1) is 12.1 Å². The second kappa shape index (κ2) is 5.34. The summed E-state index contributed by atoms with van der Waals surface area (Å²) in [4.78, 5) is 9.01. The number of nitrogens with two attached hydrogens (primary N) is 1. The summed E-state index contributed by atoms with van der Waals surface area (Å²) in [5, 5.41) is 4.09. The van der Waals surface area contributed by atoms with Gasteiger partial charge in [0.1, 0.15) is 0 Å². The average Bonchev–Trinajstić information content (AvgIpc) is 2.80. The van der Waals surface area contributed by atoms with E-state index in [-0.39, 0.29) is 12.1 Å². The average molecular weight is 253 g/mol. The lowest BCUT2D eigenvalue weighted by Crippen LogP contribution is -2.45. The minimum absolute atomic E-state index is 0.183. The Balaban J connectivity index is 2.13. The van der Waals surface area contributed by atoms with Crippen LogP contribution in [0, 0.1) is 5.92 Å². The van der Waals surface area contributed by atoms with Gasteiger partial charge in [0.15, 0.2) is 5.82 Å². The summed E-state index contributed by atoms with van der Waals surface area (Å²) in [5.74, 6) is 1.59. The smallest absolute Gasteiger partial charge is 0.243 e. The Labute approximate surface area is 108 Å². The Morgan fingerprint density at radius 2 is 2.06 bits per heavy atom. The van der Waals surface area contributed by atoms with Gasteiger partial charge >= 0.3 is 0 Å². The van der Waals surface area contributed by atoms with Crippen molar-refractivity contribution in [3.05, 3.63) is 11.7 Å². The number of hydrogen-bond donors (Lipinski definition) is 1. The fraction of sp³-hybridized carbons (Fsp3) is 0.833. The Hall–Kier alpha value is -0.980. The number of nitrogens with zero attached hydrogens (tertiary/aromatic N) is 4. The molecule has 18 heavy (non-hydrogen) atoms. The first-order chi connectivity index (χ1) is 8.49. The highest BCUT2D eigenvalue weighted by Gasteiger charge is 2.29. The molecule has 2 rings (SSSR count). The minimum atomic E-state index is -0.183. The zero-order valence-electron chi connectivity index (χ0n) is 11.6. The van der Waals surface area contributed by atoms with Crippen molar-refractivity contribution in [3.8, 4) is 0 Å². The van der Waals surface area contributed by atoms with E-state index in [1.165, 1.54) is 0 Å². The van der Waals surface area contributed by atoms with Gasteiger partial charge in [0.2, 0.25) is 5.89 Å². The number of aromatic nitrogens is 2. The summed E-state index contributed by atoms with van der Waals surface area (Å²) >= 11 is 0. The van der Waals surface area contributed by atoms with E-state index in [1.54, 1.807) is 0 Å². The first-order valence-electron chi connectivity index (χ1n) is 6.47. The van der Waals surface area contributed by atoms with E-state index in [9.17, 15) is 0 Å². The Morgan fingerprint density at radius 3 is 2.72 bits per heavy atom. The summed E-state index contributed by atoms with van der Waals surface area (Å²) in [7, 11) is 4.21. The van der Waals surface area contributed by atoms with Crippen LogP contribution in [0.4, 0.5) is 0 Å². The van der Waals surface area contributed by atoms with Crippen LogP contribution < -0.4 is 5.73 Å². The maximum atomic E-state index is 6.02. The number of rotatable bonds is 3. The van der Waals surface area contributed by atoms with Crippen LogP contribution in [0.3, 0.4) is 0 Å². The molecule has 1 fully saturated rings. The van der Waals surface area contributed by atoms with Gasteiger partial charge in [-0.1, -0.05) is 19.0 Å². The molecule has 6 heteroatoms. The lowest BCUT2D eigenvalue weighted by molar-refractivity contribution is 0.108. The van der Waals surface area contributed by atoms with Crippen molar-refractivity contribution in [2.75, 3.05) is 33.7 Å². The third kappa shape index (κ3) is 2.71. The molecule has 0 aromatic carbocycles. The van der Waals surface area contributed by atoms with Gasteiger partial charge in [-0.05, 0) is 20.0 Å². The molecule has 2 unspecified atom stereocenters. The van der Waals surface area contributed by atoms with Gasteiger partial charge in [0, 0.05) is 19.6 Å². The van der Waals surface area contributed by atoms with Gasteiger partial charge in [-0.25, -0.2) is 0 Å². The van der Waals surface area contributed by atoms with Gasteiger partial charge in [-0.2, -0.15) is 4.98 Å². The summed E-state index contributed by atoms with van der Waals surface area (Å²) in [6.45, 7) is 7.11. The second-order valence-electron chi connectivity index (χ2n) is 5.52. The van der Waals surface area contributed by atoms with Crippen LogP contribution in [-0.4, -0.2) is 53.7 Å². The van der Waals surface area contributed by atoms with E-state index < -0.39 is 0 Å². The van der Waals surface area contributed by atoms with E-state index >= 15 is 0 Å². The van der Waals surface area contributed by atoms with E-state index in [0.717, 1.165) is 25.5 Å². The van der Waals surface area contributed by atoms with Gasteiger partial charge < -0.3 is 15.2 Å². The highest BCUT2D eigenvalue weighted by Crippen LogP contribution is 2.23. The zero-order chi connectivity index (χ0) is 13.3. The molecule has 1 saturated heterocycles. The minimum Gasteiger partial charge on any atom is -0.338 e. The molecule has 0 amide bonds. The number of hydrogen-bond acceptors (Lipinski definition) is 6. The molecule has 2 atom stereocenters. The standard InChI is InChI=1S/C12H23N5O/c1-8(2)10(13)12-14-11(15-18-12)9-7-16(3)5-6-17(9)4/h8-10H,5-7,13H2,1-4H3. The number of likely N-dealkylation sites (N-methyl/N-ethyl adjacent to an activating group) is 2. The quantitative estimate of drug-likeness (QED) is 0.852. The molecule has 1 aliphatic heterocycles. The van der Waals surface area contributed by atoms with E-state index in [4.69, 9.17) is 10.3 Å². The van der Waals surface area contributed by atoms with Gasteiger partial charge in [-0.3, -0.25) is 4.90 Å². The zero-order valence-corrected chi connectivity index (χ0v) is 11.6. The highest BCUT2D eigenvalue weighted by atomic mass is 16.5. The lowest BCUT2D eigenvalue weighted by Gasteiger charge is -2.35. The molecule has 1 aromatic rings. The van der Waals surface area contributed by atoms with Crippen molar-refractivity contribution in [3.63, 3.8) is 0 Å². The van der Waals surface area contributed by atoms with Crippen molar-refractivity contribution in [1.29, 1.82) is 0 Å². The molecule has 1 aliphatic rings. The van der Waals surface area contributed by atoms with Crippen molar-refractivity contribution in [2.45, 2.75) is 25.9 Å². The summed E-state index contributed by atoms with van der Waals surface area (Å²) in [6.07, 6.45) is 0. The Bertz CT molecular complexity index is 392. The SMILES string of the molecule is CC(C)C(N)c1nc(C2CN(C)CCN2C)no1. The first-order valence-corrected chi connectivity index (χ1v) is 6.47. The normalized spacial score (nSPS) is 24.7. The van der Waals surface area contributed by atoms with Crippen LogP contribution in [-0.2, 0) is 0 Å². The van der Waals surface area contributed by atoms with Gasteiger partial charge in [-0.15, -0.1) is 0 Å². The van der Waals surface area contributed by atoms with E-state index in [2.05, 4.69) is 47.9 Å². The van der Waals surface area contributed by atoms with Crippen molar-refractivity contribution >= 4 is 0 Å². The highest BCUT2D eigenvalue weighted by molar-refractivity contribution is 5.00. The van der Waals surface area contributed by atoms with E-state index in [1.807, 2.05) is 0 Å². The van der Waals surface area contributed by atoms with Crippen LogP contribution in [0.25, 0.3) is 0 Å². The monoisotopic (exact) mass is 253 g/mol. The molecule has 102 valence electrons. The molecule has 2 N–H and O–H groups in total. The van der Waals surface area contributed by atoms with Crippen LogP contribution in [0.1, 0.15) is 37.6 Å². The summed E-state index contributed by atoms with van der Waals surface area (Å²) < 4.78 is 5.29. The third-order valence-electron chi connectivity index (χ3n) is 3.61. The Kier molecular flexibility index (Phi) is 3.99. The van der Waals surface area contributed by atoms with Crippen LogP contribution in [0.5, 0.6) is 0 Å². The molecule has 2 heterocycles. The van der Waals surface area contributed by atoms with Crippen LogP contribution >= 0.6 is 0 Å². The molecular formula is C12H23N5O.